The first-order chi connectivity index (χ1) is 12.0. The lowest BCUT2D eigenvalue weighted by molar-refractivity contribution is 0.200. The minimum atomic E-state index is -0.550. The second-order valence-corrected chi connectivity index (χ2v) is 5.51. The van der Waals surface area contributed by atoms with Gasteiger partial charge in [0.15, 0.2) is 17.2 Å². The number of fused-ring (bicyclic) bond motifs is 1. The van der Waals surface area contributed by atoms with Crippen molar-refractivity contribution in [1.29, 1.82) is 0 Å². The first-order valence-corrected chi connectivity index (χ1v) is 8.30. The second kappa shape index (κ2) is 8.41. The van der Waals surface area contributed by atoms with Crippen molar-refractivity contribution in [2.75, 3.05) is 20.8 Å². The standard InChI is InChI=1S/C18H24N2O5/c1-5-7-8-19-18(22)25-16-11-20(6-2)17(21)13-10-15(24-4)14(23-3)9-12(13)16/h9-11H,5-8H2,1-4H3,(H,19,22). The molecule has 1 aromatic carbocycles. The molecular weight excluding hydrogens is 324 g/mol. The highest BCUT2D eigenvalue weighted by Crippen LogP contribution is 2.34. The number of nitrogens with one attached hydrogen (secondary N) is 1. The molecule has 0 saturated carbocycles. The molecule has 7 nitrogen and oxygen atoms in total. The Morgan fingerprint density at radius 1 is 1.08 bits per heavy atom. The Bertz CT molecular complexity index is 813. The highest BCUT2D eigenvalue weighted by atomic mass is 16.6. The minimum Gasteiger partial charge on any atom is -0.493 e. The zero-order chi connectivity index (χ0) is 18.4. The van der Waals surface area contributed by atoms with Crippen molar-refractivity contribution in [2.45, 2.75) is 33.2 Å². The van der Waals surface area contributed by atoms with Crippen LogP contribution in [0.2, 0.25) is 0 Å². The summed E-state index contributed by atoms with van der Waals surface area (Å²) in [4.78, 5) is 24.6. The number of aromatic nitrogens is 1. The van der Waals surface area contributed by atoms with Crippen LogP contribution in [-0.2, 0) is 6.54 Å². The number of carbonyl (C=O) groups is 1. The number of rotatable bonds is 7. The largest absolute Gasteiger partial charge is 0.493 e. The van der Waals surface area contributed by atoms with E-state index in [1.165, 1.54) is 25.0 Å². The van der Waals surface area contributed by atoms with E-state index in [9.17, 15) is 9.59 Å². The van der Waals surface area contributed by atoms with E-state index in [4.69, 9.17) is 14.2 Å². The number of nitrogens with zero attached hydrogens (tertiary/aromatic N) is 1. The Morgan fingerprint density at radius 2 is 1.72 bits per heavy atom. The number of pyridine rings is 1. The van der Waals surface area contributed by atoms with Gasteiger partial charge in [-0.25, -0.2) is 4.79 Å². The zero-order valence-corrected chi connectivity index (χ0v) is 15.0. The highest BCUT2D eigenvalue weighted by Gasteiger charge is 2.16. The first-order valence-electron chi connectivity index (χ1n) is 8.30. The lowest BCUT2D eigenvalue weighted by atomic mass is 10.1. The van der Waals surface area contributed by atoms with E-state index in [2.05, 4.69) is 5.32 Å². The number of ether oxygens (including phenoxy) is 3. The van der Waals surface area contributed by atoms with Gasteiger partial charge in [0, 0.05) is 18.5 Å². The molecule has 0 radical (unpaired) electrons. The molecule has 0 aliphatic rings. The lowest BCUT2D eigenvalue weighted by Crippen LogP contribution is -2.28. The molecule has 2 rings (SSSR count). The number of amides is 1. The van der Waals surface area contributed by atoms with Crippen LogP contribution in [-0.4, -0.2) is 31.4 Å². The molecule has 2 aromatic rings. The van der Waals surface area contributed by atoms with Gasteiger partial charge >= 0.3 is 6.09 Å². The number of carbonyl (C=O) groups excluding carboxylic acids is 1. The summed E-state index contributed by atoms with van der Waals surface area (Å²) in [6.45, 7) is 4.88. The van der Waals surface area contributed by atoms with Crippen molar-refractivity contribution in [2.24, 2.45) is 0 Å². The fourth-order valence-electron chi connectivity index (χ4n) is 2.50. The summed E-state index contributed by atoms with van der Waals surface area (Å²) in [5.41, 5.74) is -0.183. The van der Waals surface area contributed by atoms with Crippen molar-refractivity contribution < 1.29 is 19.0 Å². The third kappa shape index (κ3) is 4.04. The van der Waals surface area contributed by atoms with Crippen LogP contribution in [0.25, 0.3) is 10.8 Å². The third-order valence-corrected chi connectivity index (χ3v) is 3.90. The molecular formula is C18H24N2O5. The van der Waals surface area contributed by atoms with E-state index >= 15 is 0 Å². The van der Waals surface area contributed by atoms with E-state index in [0.717, 1.165) is 12.8 Å². The van der Waals surface area contributed by atoms with E-state index in [-0.39, 0.29) is 5.56 Å². The normalized spacial score (nSPS) is 10.6. The molecule has 0 unspecified atom stereocenters. The molecule has 1 amide bonds. The maximum Gasteiger partial charge on any atom is 0.412 e. The Labute approximate surface area is 146 Å². The molecule has 0 spiro atoms. The smallest absolute Gasteiger partial charge is 0.412 e. The van der Waals surface area contributed by atoms with Crippen LogP contribution < -0.4 is 25.1 Å². The van der Waals surface area contributed by atoms with Crippen LogP contribution in [0, 0.1) is 0 Å². The fourth-order valence-corrected chi connectivity index (χ4v) is 2.50. The number of aryl methyl sites for hydroxylation is 1. The molecule has 0 atom stereocenters. The van der Waals surface area contributed by atoms with E-state index < -0.39 is 6.09 Å². The SMILES string of the molecule is CCCCNC(=O)Oc1cn(CC)c(=O)c2cc(OC)c(OC)cc12. The average molecular weight is 348 g/mol. The van der Waals surface area contributed by atoms with Gasteiger partial charge in [-0.05, 0) is 25.5 Å². The number of hydrogen-bond acceptors (Lipinski definition) is 5. The van der Waals surface area contributed by atoms with Gasteiger partial charge in [-0.1, -0.05) is 13.3 Å². The number of methoxy groups -OCH3 is 2. The summed E-state index contributed by atoms with van der Waals surface area (Å²) < 4.78 is 17.5. The monoisotopic (exact) mass is 348 g/mol. The van der Waals surface area contributed by atoms with Gasteiger partial charge < -0.3 is 24.1 Å². The number of benzene rings is 1. The second-order valence-electron chi connectivity index (χ2n) is 5.51. The molecule has 0 saturated heterocycles. The number of unbranched alkanes of at least 4 members (excludes halogenated alkanes) is 1. The van der Waals surface area contributed by atoms with Gasteiger partial charge in [-0.3, -0.25) is 4.79 Å². The van der Waals surface area contributed by atoms with Crippen LogP contribution in [0.4, 0.5) is 4.79 Å². The Kier molecular flexibility index (Phi) is 6.27. The van der Waals surface area contributed by atoms with E-state index in [1.54, 1.807) is 12.1 Å². The van der Waals surface area contributed by atoms with Crippen molar-refractivity contribution >= 4 is 16.9 Å². The van der Waals surface area contributed by atoms with Crippen molar-refractivity contribution in [3.05, 3.63) is 28.7 Å². The van der Waals surface area contributed by atoms with Crippen molar-refractivity contribution in [3.8, 4) is 17.2 Å². The molecule has 1 aromatic heterocycles. The van der Waals surface area contributed by atoms with Crippen LogP contribution in [0.1, 0.15) is 26.7 Å². The molecule has 7 heteroatoms. The van der Waals surface area contributed by atoms with Crippen molar-refractivity contribution in [3.63, 3.8) is 0 Å². The minimum absolute atomic E-state index is 0.183. The summed E-state index contributed by atoms with van der Waals surface area (Å²) >= 11 is 0. The van der Waals surface area contributed by atoms with Gasteiger partial charge in [0.25, 0.3) is 5.56 Å². The summed E-state index contributed by atoms with van der Waals surface area (Å²) in [5.74, 6) is 1.20. The number of hydrogen-bond donors (Lipinski definition) is 1. The van der Waals surface area contributed by atoms with Crippen LogP contribution in [0.5, 0.6) is 17.2 Å². The summed E-state index contributed by atoms with van der Waals surface area (Å²) in [7, 11) is 3.01. The van der Waals surface area contributed by atoms with Gasteiger partial charge in [0.05, 0.1) is 25.8 Å². The Morgan fingerprint density at radius 3 is 2.28 bits per heavy atom. The first kappa shape index (κ1) is 18.6. The van der Waals surface area contributed by atoms with Gasteiger partial charge in [-0.2, -0.15) is 0 Å². The fraction of sp³-hybridized carbons (Fsp3) is 0.444. The molecule has 1 heterocycles. The maximum atomic E-state index is 12.6. The molecule has 0 fully saturated rings. The average Bonchev–Trinajstić information content (AvgIpc) is 2.63. The molecule has 0 aliphatic carbocycles. The molecule has 0 bridgehead atoms. The zero-order valence-electron chi connectivity index (χ0n) is 15.0. The van der Waals surface area contributed by atoms with Crippen molar-refractivity contribution in [1.82, 2.24) is 9.88 Å². The summed E-state index contributed by atoms with van der Waals surface area (Å²) in [6, 6.07) is 3.24. The predicted molar refractivity (Wildman–Crippen MR) is 95.9 cm³/mol. The van der Waals surface area contributed by atoms with E-state index in [1.807, 2.05) is 13.8 Å². The third-order valence-electron chi connectivity index (χ3n) is 3.90. The van der Waals surface area contributed by atoms with Crippen LogP contribution in [0.15, 0.2) is 23.1 Å². The van der Waals surface area contributed by atoms with E-state index in [0.29, 0.717) is 41.1 Å². The molecule has 0 aliphatic heterocycles. The van der Waals surface area contributed by atoms with Gasteiger partial charge in [0.1, 0.15) is 0 Å². The quantitative estimate of drug-likeness (QED) is 0.778. The predicted octanol–water partition coefficient (Wildman–Crippen LogP) is 2.93. The molecule has 136 valence electrons. The summed E-state index contributed by atoms with van der Waals surface area (Å²) in [5, 5.41) is 3.59. The van der Waals surface area contributed by atoms with Crippen LogP contribution >= 0.6 is 0 Å². The highest BCUT2D eigenvalue weighted by molar-refractivity contribution is 5.92. The summed E-state index contributed by atoms with van der Waals surface area (Å²) in [6.07, 6.45) is 2.83. The molecule has 25 heavy (non-hydrogen) atoms. The van der Waals surface area contributed by atoms with Gasteiger partial charge in [0.2, 0.25) is 0 Å². The topological polar surface area (TPSA) is 78.8 Å². The lowest BCUT2D eigenvalue weighted by Gasteiger charge is -2.14. The molecule has 1 N–H and O–H groups in total. The Balaban J connectivity index is 2.52. The van der Waals surface area contributed by atoms with Crippen LogP contribution in [0.3, 0.4) is 0 Å². The van der Waals surface area contributed by atoms with Gasteiger partial charge in [-0.15, -0.1) is 0 Å². The maximum absolute atomic E-state index is 12.6. The Hall–Kier alpha value is -2.70.